The van der Waals surface area contributed by atoms with Gasteiger partial charge in [-0.3, -0.25) is 0 Å². The molecule has 4 fully saturated rings. The van der Waals surface area contributed by atoms with Crippen molar-refractivity contribution in [3.63, 3.8) is 0 Å². The summed E-state index contributed by atoms with van der Waals surface area (Å²) in [5.74, 6) is 5.87. The van der Waals surface area contributed by atoms with E-state index in [4.69, 9.17) is 0 Å². The highest BCUT2D eigenvalue weighted by atomic mass is 16.1. The first-order valence-electron chi connectivity index (χ1n) is 12.1. The lowest BCUT2D eigenvalue weighted by molar-refractivity contribution is -0.159. The van der Waals surface area contributed by atoms with Gasteiger partial charge in [-0.1, -0.05) is 34.6 Å². The Bertz CT molecular complexity index is 591. The van der Waals surface area contributed by atoms with Gasteiger partial charge in [0, 0.05) is 6.42 Å². The van der Waals surface area contributed by atoms with E-state index in [0.717, 1.165) is 48.3 Å². The van der Waals surface area contributed by atoms with Crippen molar-refractivity contribution in [2.24, 2.45) is 51.8 Å². The van der Waals surface area contributed by atoms with E-state index in [1.54, 1.807) is 6.92 Å². The number of hydrogen-bond acceptors (Lipinski definition) is 1. The lowest BCUT2D eigenvalue weighted by Gasteiger charge is -2.65. The molecule has 0 aromatic heterocycles. The fourth-order valence-electron chi connectivity index (χ4n) is 9.24. The highest BCUT2D eigenvalue weighted by molar-refractivity contribution is 5.75. The summed E-state index contributed by atoms with van der Waals surface area (Å²) < 4.78 is 0. The topological polar surface area (TPSA) is 17.1 Å². The Morgan fingerprint density at radius 1 is 0.852 bits per heavy atom. The standard InChI is InChI=1S/C26H44O/c1-17-13-15-26(6)22-14-16-25(5)19(8-7-18(2)27)9-11-21(25)20(22)10-12-23(26)24(17,3)4/h17,19-23H,7-16H2,1-6H3. The van der Waals surface area contributed by atoms with Gasteiger partial charge in [0.05, 0.1) is 0 Å². The van der Waals surface area contributed by atoms with Gasteiger partial charge in [-0.2, -0.15) is 0 Å². The van der Waals surface area contributed by atoms with E-state index in [9.17, 15) is 4.79 Å². The number of rotatable bonds is 3. The zero-order valence-corrected chi connectivity index (χ0v) is 18.9. The molecule has 27 heavy (non-hydrogen) atoms. The molecule has 4 aliphatic rings. The van der Waals surface area contributed by atoms with Crippen LogP contribution < -0.4 is 0 Å². The minimum Gasteiger partial charge on any atom is -0.300 e. The third-order valence-corrected chi connectivity index (χ3v) is 11.2. The molecule has 0 amide bonds. The highest BCUT2D eigenvalue weighted by Gasteiger charge is 2.62. The molecule has 0 aromatic rings. The molecule has 8 atom stereocenters. The lowest BCUT2D eigenvalue weighted by Crippen LogP contribution is -2.57. The van der Waals surface area contributed by atoms with Gasteiger partial charge in [-0.15, -0.1) is 0 Å². The van der Waals surface area contributed by atoms with Crippen LogP contribution in [0.4, 0.5) is 0 Å². The van der Waals surface area contributed by atoms with Crippen LogP contribution in [-0.2, 0) is 4.79 Å². The van der Waals surface area contributed by atoms with E-state index in [2.05, 4.69) is 34.6 Å². The third-order valence-electron chi connectivity index (χ3n) is 11.2. The SMILES string of the molecule is CC(=O)CCC1CCC2C3CCC4C(C)(C)C(C)CCC4(C)C3CCC12C. The molecule has 4 aliphatic carbocycles. The average molecular weight is 373 g/mol. The number of Topliss-reactive ketones (excluding diaryl/α,β-unsaturated/α-hetero) is 1. The van der Waals surface area contributed by atoms with E-state index < -0.39 is 0 Å². The molecule has 1 heteroatoms. The van der Waals surface area contributed by atoms with E-state index in [1.165, 1.54) is 51.4 Å². The first-order chi connectivity index (χ1) is 12.6. The maximum absolute atomic E-state index is 11.6. The van der Waals surface area contributed by atoms with Gasteiger partial charge in [-0.05, 0) is 116 Å². The van der Waals surface area contributed by atoms with Gasteiger partial charge in [0.15, 0.2) is 0 Å². The summed E-state index contributed by atoms with van der Waals surface area (Å²) in [5.41, 5.74) is 1.62. The predicted molar refractivity (Wildman–Crippen MR) is 113 cm³/mol. The number of fused-ring (bicyclic) bond motifs is 5. The maximum atomic E-state index is 11.6. The minimum absolute atomic E-state index is 0.391. The van der Waals surface area contributed by atoms with Gasteiger partial charge in [0.25, 0.3) is 0 Å². The lowest BCUT2D eigenvalue weighted by atomic mass is 9.40. The molecule has 0 bridgehead atoms. The summed E-state index contributed by atoms with van der Waals surface area (Å²) >= 11 is 0. The van der Waals surface area contributed by atoms with Gasteiger partial charge in [0.2, 0.25) is 0 Å². The number of carbonyl (C=O) groups is 1. The van der Waals surface area contributed by atoms with Gasteiger partial charge in [-0.25, -0.2) is 0 Å². The maximum Gasteiger partial charge on any atom is 0.129 e. The normalized spacial score (nSPS) is 51.2. The molecule has 4 saturated carbocycles. The molecule has 0 aliphatic heterocycles. The number of ketones is 1. The smallest absolute Gasteiger partial charge is 0.129 e. The Balaban J connectivity index is 1.57. The molecule has 1 nitrogen and oxygen atoms in total. The Labute approximate surface area is 168 Å². The summed E-state index contributed by atoms with van der Waals surface area (Å²) in [6.07, 6.45) is 13.6. The van der Waals surface area contributed by atoms with Crippen molar-refractivity contribution in [2.75, 3.05) is 0 Å². The van der Waals surface area contributed by atoms with Crippen LogP contribution in [0, 0.1) is 51.8 Å². The quantitative estimate of drug-likeness (QED) is 0.508. The fourth-order valence-corrected chi connectivity index (χ4v) is 9.24. The van der Waals surface area contributed by atoms with Gasteiger partial charge >= 0.3 is 0 Å². The second kappa shape index (κ2) is 6.60. The molecule has 0 radical (unpaired) electrons. The summed E-state index contributed by atoms with van der Waals surface area (Å²) in [6.45, 7) is 14.8. The largest absolute Gasteiger partial charge is 0.300 e. The summed E-state index contributed by atoms with van der Waals surface area (Å²) in [4.78, 5) is 11.6. The Kier molecular flexibility index (Phi) is 4.88. The average Bonchev–Trinajstić information content (AvgIpc) is 2.93. The molecule has 0 heterocycles. The third kappa shape index (κ3) is 2.88. The van der Waals surface area contributed by atoms with Crippen LogP contribution in [0.5, 0.6) is 0 Å². The zero-order valence-electron chi connectivity index (χ0n) is 18.9. The van der Waals surface area contributed by atoms with Crippen molar-refractivity contribution in [1.82, 2.24) is 0 Å². The second-order valence-electron chi connectivity index (χ2n) is 12.3. The minimum atomic E-state index is 0.391. The first-order valence-corrected chi connectivity index (χ1v) is 12.1. The predicted octanol–water partition coefficient (Wildman–Crippen LogP) is 7.29. The Morgan fingerprint density at radius 3 is 2.22 bits per heavy atom. The molecule has 8 unspecified atom stereocenters. The zero-order chi connectivity index (χ0) is 19.6. The van der Waals surface area contributed by atoms with E-state index in [-0.39, 0.29) is 0 Å². The van der Waals surface area contributed by atoms with Crippen LogP contribution in [0.25, 0.3) is 0 Å². The molecule has 0 saturated heterocycles. The van der Waals surface area contributed by atoms with E-state index in [0.29, 0.717) is 22.0 Å². The molecular weight excluding hydrogens is 328 g/mol. The highest BCUT2D eigenvalue weighted by Crippen LogP contribution is 2.70. The molecule has 154 valence electrons. The van der Waals surface area contributed by atoms with Crippen LogP contribution in [0.15, 0.2) is 0 Å². The Hall–Kier alpha value is -0.330. The van der Waals surface area contributed by atoms with Crippen molar-refractivity contribution in [2.45, 2.75) is 106 Å². The van der Waals surface area contributed by atoms with Gasteiger partial charge in [0.1, 0.15) is 5.78 Å². The van der Waals surface area contributed by atoms with Gasteiger partial charge < -0.3 is 4.79 Å². The number of carbonyl (C=O) groups excluding carboxylic acids is 1. The Morgan fingerprint density at radius 2 is 1.52 bits per heavy atom. The summed E-state index contributed by atoms with van der Waals surface area (Å²) in [5, 5.41) is 0. The summed E-state index contributed by atoms with van der Waals surface area (Å²) in [7, 11) is 0. The summed E-state index contributed by atoms with van der Waals surface area (Å²) in [6, 6.07) is 0. The van der Waals surface area contributed by atoms with Crippen LogP contribution >= 0.6 is 0 Å². The van der Waals surface area contributed by atoms with Crippen molar-refractivity contribution < 1.29 is 4.79 Å². The van der Waals surface area contributed by atoms with Crippen molar-refractivity contribution in [3.05, 3.63) is 0 Å². The van der Waals surface area contributed by atoms with Crippen LogP contribution in [0.3, 0.4) is 0 Å². The monoisotopic (exact) mass is 372 g/mol. The van der Waals surface area contributed by atoms with E-state index >= 15 is 0 Å². The van der Waals surface area contributed by atoms with Crippen molar-refractivity contribution in [3.8, 4) is 0 Å². The van der Waals surface area contributed by atoms with Crippen LogP contribution in [0.1, 0.15) is 106 Å². The van der Waals surface area contributed by atoms with Crippen molar-refractivity contribution >= 4 is 5.78 Å². The first kappa shape index (κ1) is 20.0. The van der Waals surface area contributed by atoms with Crippen LogP contribution in [0.2, 0.25) is 0 Å². The molecule has 0 spiro atoms. The van der Waals surface area contributed by atoms with E-state index in [1.807, 2.05) is 0 Å². The fraction of sp³-hybridized carbons (Fsp3) is 0.962. The van der Waals surface area contributed by atoms with Crippen molar-refractivity contribution in [1.29, 1.82) is 0 Å². The molecule has 4 rings (SSSR count). The second-order valence-corrected chi connectivity index (χ2v) is 12.3. The molecule has 0 aromatic carbocycles. The molecule has 0 N–H and O–H groups in total. The van der Waals surface area contributed by atoms with Crippen LogP contribution in [-0.4, -0.2) is 5.78 Å². The molecular formula is C26H44O. The number of hydrogen-bond donors (Lipinski definition) is 0.